The molecule has 0 aromatic rings. The molecule has 0 bridgehead atoms. The van der Waals surface area contributed by atoms with E-state index < -0.39 is 0 Å². The van der Waals surface area contributed by atoms with Crippen molar-refractivity contribution in [3.63, 3.8) is 0 Å². The fraction of sp³-hybridized carbons (Fsp3) is 0.167. The van der Waals surface area contributed by atoms with Crippen molar-refractivity contribution in [1.82, 2.24) is 10.6 Å². The summed E-state index contributed by atoms with van der Waals surface area (Å²) in [6.07, 6.45) is 4.96. The van der Waals surface area contributed by atoms with Gasteiger partial charge in [0.25, 0.3) is 0 Å². The van der Waals surface area contributed by atoms with Crippen LogP contribution in [0.4, 0.5) is 0 Å². The molecule has 0 aromatic heterocycles. The molecular formula is C6H8N2O. The highest BCUT2D eigenvalue weighted by Crippen LogP contribution is 1.89. The molecule has 0 aromatic carbocycles. The van der Waals surface area contributed by atoms with Gasteiger partial charge in [-0.25, -0.2) is 0 Å². The van der Waals surface area contributed by atoms with Crippen molar-refractivity contribution < 1.29 is 4.79 Å². The van der Waals surface area contributed by atoms with Crippen LogP contribution in [-0.2, 0) is 4.79 Å². The first kappa shape index (κ1) is 5.88. The molecule has 3 nitrogen and oxygen atoms in total. The van der Waals surface area contributed by atoms with Crippen LogP contribution in [0, 0.1) is 0 Å². The van der Waals surface area contributed by atoms with Crippen molar-refractivity contribution in [2.24, 2.45) is 0 Å². The zero-order valence-electron chi connectivity index (χ0n) is 5.14. The lowest BCUT2D eigenvalue weighted by molar-refractivity contribution is -0.112. The van der Waals surface area contributed by atoms with E-state index in [1.807, 2.05) is 0 Å². The molecule has 9 heavy (non-hydrogen) atoms. The maximum atomic E-state index is 10.4. The van der Waals surface area contributed by atoms with E-state index in [1.165, 1.54) is 13.0 Å². The SMILES string of the molecule is CC(=O)C=C1NC=CN1. The van der Waals surface area contributed by atoms with E-state index in [1.54, 1.807) is 12.4 Å². The summed E-state index contributed by atoms with van der Waals surface area (Å²) in [6.45, 7) is 1.51. The number of ketones is 1. The lowest BCUT2D eigenvalue weighted by Crippen LogP contribution is -2.10. The molecule has 0 amide bonds. The number of carbonyl (C=O) groups excluding carboxylic acids is 1. The topological polar surface area (TPSA) is 41.1 Å². The Hall–Kier alpha value is -1.25. The molecule has 0 saturated heterocycles. The Balaban J connectivity index is 2.53. The Kier molecular flexibility index (Phi) is 1.53. The number of allylic oxidation sites excluding steroid dienone is 1. The van der Waals surface area contributed by atoms with Crippen molar-refractivity contribution in [2.45, 2.75) is 6.92 Å². The van der Waals surface area contributed by atoms with Crippen LogP contribution in [0.15, 0.2) is 24.3 Å². The molecule has 0 saturated carbocycles. The number of rotatable bonds is 1. The monoisotopic (exact) mass is 124 g/mol. The summed E-state index contributed by atoms with van der Waals surface area (Å²) in [5, 5.41) is 5.67. The van der Waals surface area contributed by atoms with Gasteiger partial charge in [-0.1, -0.05) is 0 Å². The summed E-state index contributed by atoms with van der Waals surface area (Å²) >= 11 is 0. The Bertz CT molecular complexity index is 171. The minimum atomic E-state index is 0.0358. The van der Waals surface area contributed by atoms with Crippen LogP contribution in [0.2, 0.25) is 0 Å². The van der Waals surface area contributed by atoms with Gasteiger partial charge in [0, 0.05) is 18.5 Å². The van der Waals surface area contributed by atoms with Crippen molar-refractivity contribution >= 4 is 5.78 Å². The van der Waals surface area contributed by atoms with E-state index in [4.69, 9.17) is 0 Å². The molecule has 1 aliphatic rings. The molecule has 0 atom stereocenters. The Morgan fingerprint density at radius 2 is 2.11 bits per heavy atom. The molecule has 0 spiro atoms. The van der Waals surface area contributed by atoms with Gasteiger partial charge in [-0.05, 0) is 6.92 Å². The second-order valence-corrected chi connectivity index (χ2v) is 1.79. The average Bonchev–Trinajstić information content (AvgIpc) is 2.15. The third kappa shape index (κ3) is 1.60. The normalized spacial score (nSPS) is 14.6. The molecule has 0 fully saturated rings. The molecule has 1 aliphatic heterocycles. The first-order valence-corrected chi connectivity index (χ1v) is 2.69. The highest BCUT2D eigenvalue weighted by atomic mass is 16.1. The summed E-state index contributed by atoms with van der Waals surface area (Å²) < 4.78 is 0. The second kappa shape index (κ2) is 2.35. The number of hydrogen-bond donors (Lipinski definition) is 2. The Labute approximate surface area is 53.4 Å². The third-order valence-electron chi connectivity index (χ3n) is 0.909. The molecule has 1 rings (SSSR count). The summed E-state index contributed by atoms with van der Waals surface area (Å²) in [5.41, 5.74) is 0. The van der Waals surface area contributed by atoms with Gasteiger partial charge in [0.2, 0.25) is 0 Å². The van der Waals surface area contributed by atoms with E-state index in [-0.39, 0.29) is 5.78 Å². The van der Waals surface area contributed by atoms with Crippen molar-refractivity contribution in [2.75, 3.05) is 0 Å². The van der Waals surface area contributed by atoms with E-state index in [0.717, 1.165) is 5.82 Å². The molecule has 0 aliphatic carbocycles. The minimum absolute atomic E-state index is 0.0358. The smallest absolute Gasteiger partial charge is 0.156 e. The molecule has 0 radical (unpaired) electrons. The molecule has 48 valence electrons. The lowest BCUT2D eigenvalue weighted by Gasteiger charge is -1.94. The zero-order chi connectivity index (χ0) is 6.69. The first-order chi connectivity index (χ1) is 4.29. The minimum Gasteiger partial charge on any atom is -0.347 e. The maximum Gasteiger partial charge on any atom is 0.156 e. The molecule has 2 N–H and O–H groups in total. The van der Waals surface area contributed by atoms with Gasteiger partial charge in [-0.15, -0.1) is 0 Å². The highest BCUT2D eigenvalue weighted by Gasteiger charge is 1.96. The number of carbonyl (C=O) groups is 1. The standard InChI is InChI=1S/C6H8N2O/c1-5(9)4-6-7-2-3-8-6/h2-4,7-8H,1H3. The fourth-order valence-corrected chi connectivity index (χ4v) is 0.591. The largest absolute Gasteiger partial charge is 0.347 e. The van der Waals surface area contributed by atoms with E-state index in [0.29, 0.717) is 0 Å². The lowest BCUT2D eigenvalue weighted by atomic mass is 10.4. The summed E-state index contributed by atoms with van der Waals surface area (Å²) in [5.74, 6) is 0.774. The second-order valence-electron chi connectivity index (χ2n) is 1.79. The number of nitrogens with one attached hydrogen (secondary N) is 2. The quantitative estimate of drug-likeness (QED) is 0.486. The third-order valence-corrected chi connectivity index (χ3v) is 0.909. The van der Waals surface area contributed by atoms with Crippen LogP contribution in [0.5, 0.6) is 0 Å². The van der Waals surface area contributed by atoms with Crippen molar-refractivity contribution in [3.8, 4) is 0 Å². The number of hydrogen-bond acceptors (Lipinski definition) is 3. The van der Waals surface area contributed by atoms with Crippen LogP contribution in [0.1, 0.15) is 6.92 Å². The van der Waals surface area contributed by atoms with Gasteiger partial charge in [0.1, 0.15) is 5.82 Å². The van der Waals surface area contributed by atoms with E-state index in [9.17, 15) is 4.79 Å². The van der Waals surface area contributed by atoms with E-state index >= 15 is 0 Å². The first-order valence-electron chi connectivity index (χ1n) is 2.69. The maximum absolute atomic E-state index is 10.4. The van der Waals surface area contributed by atoms with Gasteiger partial charge >= 0.3 is 0 Å². The molecule has 1 heterocycles. The van der Waals surface area contributed by atoms with E-state index in [2.05, 4.69) is 10.6 Å². The van der Waals surface area contributed by atoms with Crippen LogP contribution in [0.3, 0.4) is 0 Å². The van der Waals surface area contributed by atoms with Crippen LogP contribution < -0.4 is 10.6 Å². The van der Waals surface area contributed by atoms with Gasteiger partial charge < -0.3 is 10.6 Å². The zero-order valence-corrected chi connectivity index (χ0v) is 5.14. The Morgan fingerprint density at radius 1 is 1.56 bits per heavy atom. The van der Waals surface area contributed by atoms with Gasteiger partial charge in [-0.2, -0.15) is 0 Å². The van der Waals surface area contributed by atoms with Crippen molar-refractivity contribution in [1.29, 1.82) is 0 Å². The van der Waals surface area contributed by atoms with Crippen LogP contribution in [-0.4, -0.2) is 5.78 Å². The summed E-state index contributed by atoms with van der Waals surface area (Å²) in [7, 11) is 0. The van der Waals surface area contributed by atoms with Gasteiger partial charge in [-0.3, -0.25) is 4.79 Å². The van der Waals surface area contributed by atoms with Gasteiger partial charge in [0.05, 0.1) is 0 Å². The molecule has 3 heteroatoms. The molecular weight excluding hydrogens is 116 g/mol. The predicted octanol–water partition coefficient (Wildman–Crippen LogP) is 0.0808. The van der Waals surface area contributed by atoms with Gasteiger partial charge in [0.15, 0.2) is 5.78 Å². The predicted molar refractivity (Wildman–Crippen MR) is 34.2 cm³/mol. The summed E-state index contributed by atoms with van der Waals surface area (Å²) in [6, 6.07) is 0. The fourth-order valence-electron chi connectivity index (χ4n) is 0.591. The van der Waals surface area contributed by atoms with Crippen LogP contribution in [0.25, 0.3) is 0 Å². The average molecular weight is 124 g/mol. The Morgan fingerprint density at radius 3 is 2.56 bits per heavy atom. The highest BCUT2D eigenvalue weighted by molar-refractivity contribution is 5.87. The van der Waals surface area contributed by atoms with Crippen LogP contribution >= 0.6 is 0 Å². The summed E-state index contributed by atoms with van der Waals surface area (Å²) in [4.78, 5) is 10.4. The van der Waals surface area contributed by atoms with Crippen molar-refractivity contribution in [3.05, 3.63) is 24.3 Å². The molecule has 0 unspecified atom stereocenters.